The van der Waals surface area contributed by atoms with Gasteiger partial charge >= 0.3 is 0 Å². The van der Waals surface area contributed by atoms with Crippen LogP contribution in [-0.4, -0.2) is 30.1 Å². The molecule has 0 fully saturated rings. The predicted octanol–water partition coefficient (Wildman–Crippen LogP) is 1.67. The van der Waals surface area contributed by atoms with E-state index in [4.69, 9.17) is 5.26 Å². The fourth-order valence-electron chi connectivity index (χ4n) is 1.67. The first kappa shape index (κ1) is 14.2. The molecule has 0 spiro atoms. The third-order valence-corrected chi connectivity index (χ3v) is 2.72. The van der Waals surface area contributed by atoms with Crippen LogP contribution in [0.5, 0.6) is 0 Å². The van der Waals surface area contributed by atoms with Crippen molar-refractivity contribution in [3.63, 3.8) is 0 Å². The lowest BCUT2D eigenvalue weighted by Crippen LogP contribution is -2.36. The molecule has 0 bridgehead atoms. The Morgan fingerprint density at radius 3 is 2.83 bits per heavy atom. The predicted molar refractivity (Wildman–Crippen MR) is 70.3 cm³/mol. The van der Waals surface area contributed by atoms with E-state index < -0.39 is 6.10 Å². The lowest BCUT2D eigenvalue weighted by atomic mass is 10.1. The summed E-state index contributed by atoms with van der Waals surface area (Å²) in [6.07, 6.45) is -0.650. The van der Waals surface area contributed by atoms with Gasteiger partial charge in [0.25, 0.3) is 0 Å². The molecule has 18 heavy (non-hydrogen) atoms. The molecular weight excluding hydrogens is 228 g/mol. The lowest BCUT2D eigenvalue weighted by Gasteiger charge is -2.26. The molecule has 1 aromatic carbocycles. The number of hydrogen-bond donors (Lipinski definition) is 1. The molecule has 0 aliphatic heterocycles. The number of carbonyl (C=O) groups is 1. The molecule has 1 N–H and O–H groups in total. The van der Waals surface area contributed by atoms with Gasteiger partial charge in [-0.2, -0.15) is 5.26 Å². The van der Waals surface area contributed by atoms with Crippen LogP contribution in [-0.2, 0) is 4.79 Å². The zero-order valence-electron chi connectivity index (χ0n) is 10.8. The number of ketones is 1. The smallest absolute Gasteiger partial charge is 0.160 e. The summed E-state index contributed by atoms with van der Waals surface area (Å²) in [6.45, 7) is 4.07. The number of carbonyl (C=O) groups excluding carboxylic acids is 1. The molecule has 0 aliphatic rings. The van der Waals surface area contributed by atoms with Crippen LogP contribution in [0.2, 0.25) is 0 Å². The van der Waals surface area contributed by atoms with E-state index in [2.05, 4.69) is 6.07 Å². The Morgan fingerprint density at radius 2 is 2.28 bits per heavy atom. The molecule has 0 heterocycles. The maximum atomic E-state index is 11.1. The van der Waals surface area contributed by atoms with Crippen LogP contribution in [0.25, 0.3) is 0 Å². The maximum Gasteiger partial charge on any atom is 0.160 e. The topological polar surface area (TPSA) is 64.3 Å². The third-order valence-electron chi connectivity index (χ3n) is 2.72. The summed E-state index contributed by atoms with van der Waals surface area (Å²) >= 11 is 0. The van der Waals surface area contributed by atoms with Crippen LogP contribution >= 0.6 is 0 Å². The van der Waals surface area contributed by atoms with Gasteiger partial charge in [0.15, 0.2) is 5.78 Å². The zero-order valence-corrected chi connectivity index (χ0v) is 10.8. The first-order valence-corrected chi connectivity index (χ1v) is 5.91. The van der Waals surface area contributed by atoms with Gasteiger partial charge in [0.05, 0.1) is 19.0 Å². The van der Waals surface area contributed by atoms with E-state index in [1.165, 1.54) is 6.92 Å². The highest BCUT2D eigenvalue weighted by Crippen LogP contribution is 2.16. The molecule has 0 saturated heterocycles. The van der Waals surface area contributed by atoms with Crippen LogP contribution in [0.3, 0.4) is 0 Å². The Morgan fingerprint density at radius 1 is 1.56 bits per heavy atom. The van der Waals surface area contributed by atoms with Gasteiger partial charge in [-0.05, 0) is 31.5 Å². The maximum absolute atomic E-state index is 11.1. The largest absolute Gasteiger partial charge is 0.383 e. The normalized spacial score (nSPS) is 11.7. The molecule has 1 unspecified atom stereocenters. The number of aliphatic hydroxyl groups is 1. The highest BCUT2D eigenvalue weighted by atomic mass is 16.3. The number of hydrogen-bond acceptors (Lipinski definition) is 4. The second kappa shape index (κ2) is 6.77. The van der Waals surface area contributed by atoms with Gasteiger partial charge in [0.1, 0.15) is 6.10 Å². The van der Waals surface area contributed by atoms with Crippen LogP contribution in [0.15, 0.2) is 24.3 Å². The summed E-state index contributed by atoms with van der Waals surface area (Å²) in [6, 6.07) is 9.87. The average Bonchev–Trinajstić information content (AvgIpc) is 2.34. The summed E-state index contributed by atoms with van der Waals surface area (Å²) in [4.78, 5) is 13.0. The van der Waals surface area contributed by atoms with Crippen molar-refractivity contribution >= 4 is 11.5 Å². The molecular formula is C14H18N2O2. The van der Waals surface area contributed by atoms with Gasteiger partial charge < -0.3 is 10.0 Å². The van der Waals surface area contributed by atoms with Crippen molar-refractivity contribution in [2.24, 2.45) is 0 Å². The van der Waals surface area contributed by atoms with E-state index in [9.17, 15) is 9.90 Å². The fourth-order valence-corrected chi connectivity index (χ4v) is 1.67. The van der Waals surface area contributed by atoms with E-state index in [0.29, 0.717) is 13.0 Å². The summed E-state index contributed by atoms with van der Waals surface area (Å²) in [5, 5.41) is 18.3. The number of benzene rings is 1. The monoisotopic (exact) mass is 246 g/mol. The Hall–Kier alpha value is -1.86. The first-order chi connectivity index (χ1) is 8.54. The lowest BCUT2D eigenvalue weighted by molar-refractivity contribution is -0.124. The van der Waals surface area contributed by atoms with Crippen LogP contribution in [0, 0.1) is 18.3 Å². The summed E-state index contributed by atoms with van der Waals surface area (Å²) < 4.78 is 0. The first-order valence-electron chi connectivity index (χ1n) is 5.91. The van der Waals surface area contributed by atoms with Crippen molar-refractivity contribution in [1.82, 2.24) is 0 Å². The minimum absolute atomic E-state index is 0.223. The molecule has 96 valence electrons. The molecule has 1 rings (SSSR count). The third kappa shape index (κ3) is 4.19. The highest BCUT2D eigenvalue weighted by molar-refractivity contribution is 5.80. The van der Waals surface area contributed by atoms with Gasteiger partial charge in [0, 0.05) is 12.2 Å². The molecule has 4 heteroatoms. The number of nitriles is 1. The minimum atomic E-state index is -1.01. The van der Waals surface area contributed by atoms with Crippen molar-refractivity contribution in [3.05, 3.63) is 29.8 Å². The fraction of sp³-hybridized carbons (Fsp3) is 0.429. The highest BCUT2D eigenvalue weighted by Gasteiger charge is 2.15. The average molecular weight is 246 g/mol. The van der Waals surface area contributed by atoms with E-state index in [1.807, 2.05) is 36.1 Å². The van der Waals surface area contributed by atoms with Crippen molar-refractivity contribution in [3.8, 4) is 6.07 Å². The second-order valence-corrected chi connectivity index (χ2v) is 4.32. The Kier molecular flexibility index (Phi) is 5.34. The van der Waals surface area contributed by atoms with Gasteiger partial charge in [-0.1, -0.05) is 12.1 Å². The molecule has 0 aromatic heterocycles. The van der Waals surface area contributed by atoms with Gasteiger partial charge in [0.2, 0.25) is 0 Å². The summed E-state index contributed by atoms with van der Waals surface area (Å²) in [7, 11) is 0. The molecule has 4 nitrogen and oxygen atoms in total. The number of anilines is 1. The van der Waals surface area contributed by atoms with Gasteiger partial charge in [-0.3, -0.25) is 4.79 Å². The van der Waals surface area contributed by atoms with E-state index in [0.717, 1.165) is 11.3 Å². The molecule has 1 aromatic rings. The van der Waals surface area contributed by atoms with Crippen molar-refractivity contribution in [2.45, 2.75) is 26.4 Å². The number of rotatable bonds is 6. The SMILES string of the molecule is CC(=O)C(O)CN(CCC#N)c1cccc(C)c1. The molecule has 0 amide bonds. The standard InChI is InChI=1S/C14H18N2O2/c1-11-5-3-6-13(9-11)16(8-4-7-15)10-14(18)12(2)17/h3,5-6,9,14,18H,4,8,10H2,1-2H3. The minimum Gasteiger partial charge on any atom is -0.383 e. The van der Waals surface area contributed by atoms with E-state index in [1.54, 1.807) is 0 Å². The van der Waals surface area contributed by atoms with Crippen LogP contribution < -0.4 is 4.90 Å². The molecule has 1 atom stereocenters. The van der Waals surface area contributed by atoms with E-state index in [-0.39, 0.29) is 12.3 Å². The van der Waals surface area contributed by atoms with Crippen molar-refractivity contribution in [1.29, 1.82) is 5.26 Å². The van der Waals surface area contributed by atoms with Crippen LogP contribution in [0.1, 0.15) is 18.9 Å². The summed E-state index contributed by atoms with van der Waals surface area (Å²) in [5.74, 6) is -0.260. The zero-order chi connectivity index (χ0) is 13.5. The van der Waals surface area contributed by atoms with Crippen molar-refractivity contribution < 1.29 is 9.90 Å². The summed E-state index contributed by atoms with van der Waals surface area (Å²) in [5.41, 5.74) is 2.03. The van der Waals surface area contributed by atoms with Crippen molar-refractivity contribution in [2.75, 3.05) is 18.0 Å². The van der Waals surface area contributed by atoms with E-state index >= 15 is 0 Å². The molecule has 0 saturated carbocycles. The molecule has 0 radical (unpaired) electrons. The number of Topliss-reactive ketones (excluding diaryl/α,β-unsaturated/α-hetero) is 1. The Bertz CT molecular complexity index is 451. The number of nitrogens with zero attached hydrogens (tertiary/aromatic N) is 2. The van der Waals surface area contributed by atoms with Gasteiger partial charge in [-0.15, -0.1) is 0 Å². The Balaban J connectivity index is 2.84. The quantitative estimate of drug-likeness (QED) is 0.829. The molecule has 0 aliphatic carbocycles. The van der Waals surface area contributed by atoms with Crippen LogP contribution in [0.4, 0.5) is 5.69 Å². The second-order valence-electron chi connectivity index (χ2n) is 4.32. The number of aryl methyl sites for hydroxylation is 1. The Labute approximate surface area is 107 Å². The van der Waals surface area contributed by atoms with Gasteiger partial charge in [-0.25, -0.2) is 0 Å². The number of aliphatic hydroxyl groups excluding tert-OH is 1.